The third kappa shape index (κ3) is 2.48. The summed E-state index contributed by atoms with van der Waals surface area (Å²) in [6.45, 7) is 8.41. The van der Waals surface area contributed by atoms with Crippen molar-refractivity contribution in [2.45, 2.75) is 51.2 Å². The Morgan fingerprint density at radius 3 is 2.50 bits per heavy atom. The van der Waals surface area contributed by atoms with Gasteiger partial charge in [0.05, 0.1) is 0 Å². The second-order valence-electron chi connectivity index (χ2n) is 5.86. The Morgan fingerprint density at radius 2 is 1.94 bits per heavy atom. The fourth-order valence-corrected chi connectivity index (χ4v) is 2.28. The Hall–Kier alpha value is -0.770. The number of carbonyl (C=O) groups excluding carboxylic acids is 1. The van der Waals surface area contributed by atoms with E-state index in [-0.39, 0.29) is 11.6 Å². The van der Waals surface area contributed by atoms with Crippen LogP contribution in [-0.4, -0.2) is 41.8 Å². The van der Waals surface area contributed by atoms with Crippen LogP contribution in [0, 0.1) is 0 Å². The molecule has 0 aromatic carbocycles. The minimum Gasteiger partial charge on any atom is -0.444 e. The Morgan fingerprint density at radius 1 is 1.25 bits per heavy atom. The number of hydrogen-bond acceptors (Lipinski definition) is 3. The Bertz CT molecular complexity index is 279. The van der Waals surface area contributed by atoms with Gasteiger partial charge in [-0.25, -0.2) is 4.79 Å². The Kier molecular flexibility index (Phi) is 2.86. The first-order valence-corrected chi connectivity index (χ1v) is 6.14. The van der Waals surface area contributed by atoms with E-state index in [1.54, 1.807) is 0 Å². The summed E-state index contributed by atoms with van der Waals surface area (Å²) < 4.78 is 5.47. The van der Waals surface area contributed by atoms with Crippen LogP contribution in [0.15, 0.2) is 0 Å². The van der Waals surface area contributed by atoms with Gasteiger partial charge in [0.25, 0.3) is 0 Å². The maximum atomic E-state index is 12.1. The van der Waals surface area contributed by atoms with Crippen LogP contribution in [0.3, 0.4) is 0 Å². The van der Waals surface area contributed by atoms with Gasteiger partial charge in [-0.2, -0.15) is 0 Å². The van der Waals surface area contributed by atoms with Crippen molar-refractivity contribution in [3.8, 4) is 0 Å². The van der Waals surface area contributed by atoms with Gasteiger partial charge in [0.1, 0.15) is 5.60 Å². The van der Waals surface area contributed by atoms with Crippen LogP contribution in [0.4, 0.5) is 4.79 Å². The van der Waals surface area contributed by atoms with E-state index in [0.717, 1.165) is 38.9 Å². The number of nitrogens with one attached hydrogen (secondary N) is 1. The monoisotopic (exact) mass is 226 g/mol. The van der Waals surface area contributed by atoms with E-state index in [0.29, 0.717) is 0 Å². The molecule has 2 rings (SSSR count). The molecule has 0 bridgehead atoms. The highest BCUT2D eigenvalue weighted by Crippen LogP contribution is 2.45. The Labute approximate surface area is 97.3 Å². The summed E-state index contributed by atoms with van der Waals surface area (Å²) in [5.74, 6) is 0. The lowest BCUT2D eigenvalue weighted by Gasteiger charge is -2.32. The molecular formula is C12H22N2O2. The normalized spacial score (nSPS) is 24.1. The molecule has 1 heterocycles. The van der Waals surface area contributed by atoms with Crippen molar-refractivity contribution in [2.24, 2.45) is 0 Å². The molecule has 0 aromatic heterocycles. The maximum absolute atomic E-state index is 12.1. The predicted molar refractivity (Wildman–Crippen MR) is 62.4 cm³/mol. The molecule has 1 saturated heterocycles. The van der Waals surface area contributed by atoms with E-state index < -0.39 is 5.60 Å². The molecule has 2 fully saturated rings. The van der Waals surface area contributed by atoms with Gasteiger partial charge < -0.3 is 15.0 Å². The topological polar surface area (TPSA) is 41.6 Å². The molecule has 0 aromatic rings. The zero-order valence-corrected chi connectivity index (χ0v) is 10.5. The van der Waals surface area contributed by atoms with E-state index in [2.05, 4.69) is 5.32 Å². The lowest BCUT2D eigenvalue weighted by Crippen LogP contribution is -2.45. The van der Waals surface area contributed by atoms with Gasteiger partial charge in [0.2, 0.25) is 0 Å². The van der Waals surface area contributed by atoms with E-state index in [4.69, 9.17) is 4.74 Å². The van der Waals surface area contributed by atoms with E-state index in [1.165, 1.54) is 0 Å². The highest BCUT2D eigenvalue weighted by atomic mass is 16.6. The summed E-state index contributed by atoms with van der Waals surface area (Å²) >= 11 is 0. The van der Waals surface area contributed by atoms with Crippen LogP contribution in [0.1, 0.15) is 40.0 Å². The van der Waals surface area contributed by atoms with Crippen molar-refractivity contribution in [2.75, 3.05) is 19.6 Å². The van der Waals surface area contributed by atoms with Crippen molar-refractivity contribution < 1.29 is 9.53 Å². The van der Waals surface area contributed by atoms with Gasteiger partial charge in [0.15, 0.2) is 0 Å². The summed E-state index contributed by atoms with van der Waals surface area (Å²) in [7, 11) is 0. The van der Waals surface area contributed by atoms with E-state index in [1.807, 2.05) is 25.7 Å². The Balaban J connectivity index is 2.03. The molecule has 1 spiro atoms. The molecule has 1 saturated carbocycles. The molecule has 1 N–H and O–H groups in total. The van der Waals surface area contributed by atoms with E-state index >= 15 is 0 Å². The van der Waals surface area contributed by atoms with Crippen LogP contribution >= 0.6 is 0 Å². The van der Waals surface area contributed by atoms with E-state index in [9.17, 15) is 4.79 Å². The first-order chi connectivity index (χ1) is 7.43. The average molecular weight is 226 g/mol. The lowest BCUT2D eigenvalue weighted by atomic mass is 10.1. The largest absolute Gasteiger partial charge is 0.444 e. The van der Waals surface area contributed by atoms with Gasteiger partial charge in [-0.3, -0.25) is 0 Å². The molecule has 1 amide bonds. The van der Waals surface area contributed by atoms with Crippen molar-refractivity contribution in [1.82, 2.24) is 10.2 Å². The van der Waals surface area contributed by atoms with Gasteiger partial charge in [-0.05, 0) is 46.6 Å². The molecule has 2 aliphatic rings. The number of carbonyl (C=O) groups is 1. The van der Waals surface area contributed by atoms with Crippen molar-refractivity contribution in [3.63, 3.8) is 0 Å². The molecule has 4 nitrogen and oxygen atoms in total. The van der Waals surface area contributed by atoms with Crippen LogP contribution in [0.5, 0.6) is 0 Å². The van der Waals surface area contributed by atoms with Crippen LogP contribution < -0.4 is 5.32 Å². The van der Waals surface area contributed by atoms with Crippen LogP contribution in [0.25, 0.3) is 0 Å². The lowest BCUT2D eigenvalue weighted by molar-refractivity contribution is 0.0144. The van der Waals surface area contributed by atoms with Crippen LogP contribution in [-0.2, 0) is 4.74 Å². The van der Waals surface area contributed by atoms with Crippen LogP contribution in [0.2, 0.25) is 0 Å². The molecule has 0 unspecified atom stereocenters. The molecule has 0 radical (unpaired) electrons. The molecule has 1 aliphatic carbocycles. The summed E-state index contributed by atoms with van der Waals surface area (Å²) in [6.07, 6.45) is 3.18. The summed E-state index contributed by atoms with van der Waals surface area (Å²) in [4.78, 5) is 14.0. The second kappa shape index (κ2) is 3.91. The molecule has 1 aliphatic heterocycles. The number of amides is 1. The molecule has 0 atom stereocenters. The fraction of sp³-hybridized carbons (Fsp3) is 0.917. The molecule has 4 heteroatoms. The number of nitrogens with zero attached hydrogens (tertiary/aromatic N) is 1. The first kappa shape index (κ1) is 11.7. The average Bonchev–Trinajstić information content (AvgIpc) is 2.91. The molecule has 16 heavy (non-hydrogen) atoms. The minimum atomic E-state index is -0.396. The van der Waals surface area contributed by atoms with Gasteiger partial charge >= 0.3 is 6.09 Å². The second-order valence-corrected chi connectivity index (χ2v) is 5.86. The quantitative estimate of drug-likeness (QED) is 0.684. The third-order valence-corrected chi connectivity index (χ3v) is 3.29. The summed E-state index contributed by atoms with van der Waals surface area (Å²) in [5, 5.41) is 3.34. The van der Waals surface area contributed by atoms with Gasteiger partial charge in [-0.15, -0.1) is 0 Å². The number of ether oxygens (including phenoxy) is 1. The summed E-state index contributed by atoms with van der Waals surface area (Å²) in [6, 6.07) is 0. The fourth-order valence-electron chi connectivity index (χ4n) is 2.28. The molecular weight excluding hydrogens is 204 g/mol. The van der Waals surface area contributed by atoms with Crippen molar-refractivity contribution in [3.05, 3.63) is 0 Å². The smallest absolute Gasteiger partial charge is 0.410 e. The minimum absolute atomic E-state index is 0.117. The maximum Gasteiger partial charge on any atom is 0.410 e. The van der Waals surface area contributed by atoms with Gasteiger partial charge in [-0.1, -0.05) is 0 Å². The predicted octanol–water partition coefficient (Wildman–Crippen LogP) is 1.75. The number of rotatable bonds is 0. The third-order valence-electron chi connectivity index (χ3n) is 3.29. The first-order valence-electron chi connectivity index (χ1n) is 6.14. The highest BCUT2D eigenvalue weighted by molar-refractivity contribution is 5.70. The zero-order valence-electron chi connectivity index (χ0n) is 10.5. The van der Waals surface area contributed by atoms with Crippen molar-refractivity contribution >= 4 is 6.09 Å². The summed E-state index contributed by atoms with van der Waals surface area (Å²) in [5.41, 5.74) is -0.279. The molecule has 92 valence electrons. The highest BCUT2D eigenvalue weighted by Gasteiger charge is 2.51. The SMILES string of the molecule is CC(C)(C)OC(=O)N1CCNCCC12CC2. The van der Waals surface area contributed by atoms with Gasteiger partial charge in [0, 0.05) is 18.6 Å². The standard InChI is InChI=1S/C12H22N2O2/c1-11(2,3)16-10(15)14-9-8-13-7-6-12(14)4-5-12/h13H,4-9H2,1-3H3. The zero-order chi connectivity index (χ0) is 11.8. The van der Waals surface area contributed by atoms with Crippen molar-refractivity contribution in [1.29, 1.82) is 0 Å². The number of hydrogen-bond donors (Lipinski definition) is 1.